The Morgan fingerprint density at radius 2 is 1.82 bits per heavy atom. The second-order valence-electron chi connectivity index (χ2n) is 8.60. The van der Waals surface area contributed by atoms with Gasteiger partial charge < -0.3 is 25.3 Å². The quantitative estimate of drug-likeness (QED) is 0.293. The summed E-state index contributed by atoms with van der Waals surface area (Å²) in [4.78, 5) is 60.7. The van der Waals surface area contributed by atoms with Crippen LogP contribution in [0.15, 0.2) is 35.3 Å². The minimum absolute atomic E-state index is 0.00566. The number of rotatable bonds is 13. The van der Waals surface area contributed by atoms with Crippen LogP contribution in [0.4, 0.5) is 5.69 Å². The van der Waals surface area contributed by atoms with Crippen molar-refractivity contribution >= 4 is 29.4 Å². The van der Waals surface area contributed by atoms with E-state index in [0.717, 1.165) is 6.42 Å². The van der Waals surface area contributed by atoms with Crippen molar-refractivity contribution in [2.45, 2.75) is 72.6 Å². The van der Waals surface area contributed by atoms with Crippen LogP contribution in [0.2, 0.25) is 0 Å². The molecule has 0 saturated carbocycles. The van der Waals surface area contributed by atoms with Crippen LogP contribution < -0.4 is 21.5 Å². The lowest BCUT2D eigenvalue weighted by atomic mass is 10.1. The SMILES string of the molecule is CC(=O)N[C@@H](CCC=CC(=O)OC(C)C)C(=O)Nc1cccn(CC(=O)NCCC(C)C)c1=O. The monoisotopic (exact) mass is 476 g/mol. The van der Waals surface area contributed by atoms with Crippen LogP contribution in [0.5, 0.6) is 0 Å². The first kappa shape index (κ1) is 28.6. The van der Waals surface area contributed by atoms with Crippen molar-refractivity contribution in [3.63, 3.8) is 0 Å². The number of nitrogens with zero attached hydrogens (tertiary/aromatic N) is 1. The highest BCUT2D eigenvalue weighted by Crippen LogP contribution is 2.06. The molecule has 188 valence electrons. The van der Waals surface area contributed by atoms with E-state index in [9.17, 15) is 24.0 Å². The number of hydrogen-bond acceptors (Lipinski definition) is 6. The predicted octanol–water partition coefficient (Wildman–Crippen LogP) is 1.74. The molecule has 10 heteroatoms. The first-order valence-corrected chi connectivity index (χ1v) is 11.4. The van der Waals surface area contributed by atoms with Crippen molar-refractivity contribution in [2.24, 2.45) is 5.92 Å². The van der Waals surface area contributed by atoms with Crippen LogP contribution >= 0.6 is 0 Å². The van der Waals surface area contributed by atoms with E-state index in [1.165, 1.54) is 29.8 Å². The van der Waals surface area contributed by atoms with E-state index in [2.05, 4.69) is 16.0 Å². The fourth-order valence-corrected chi connectivity index (χ4v) is 2.92. The number of aromatic nitrogens is 1. The number of anilines is 1. The molecule has 0 aliphatic rings. The van der Waals surface area contributed by atoms with Gasteiger partial charge in [0.25, 0.3) is 5.56 Å². The van der Waals surface area contributed by atoms with Crippen molar-refractivity contribution < 1.29 is 23.9 Å². The van der Waals surface area contributed by atoms with Crippen LogP contribution in [0.3, 0.4) is 0 Å². The summed E-state index contributed by atoms with van der Waals surface area (Å²) in [5, 5.41) is 7.84. The van der Waals surface area contributed by atoms with E-state index < -0.39 is 29.4 Å². The zero-order valence-electron chi connectivity index (χ0n) is 20.6. The third-order valence-corrected chi connectivity index (χ3v) is 4.56. The lowest BCUT2D eigenvalue weighted by molar-refractivity contribution is -0.141. The van der Waals surface area contributed by atoms with Crippen LogP contribution in [0.25, 0.3) is 0 Å². The van der Waals surface area contributed by atoms with Gasteiger partial charge in [-0.05, 0) is 51.2 Å². The summed E-state index contributed by atoms with van der Waals surface area (Å²) in [7, 11) is 0. The average molecular weight is 477 g/mol. The number of nitrogens with one attached hydrogen (secondary N) is 3. The Balaban J connectivity index is 2.79. The third kappa shape index (κ3) is 11.4. The van der Waals surface area contributed by atoms with Crippen molar-refractivity contribution in [1.29, 1.82) is 0 Å². The fourth-order valence-electron chi connectivity index (χ4n) is 2.92. The van der Waals surface area contributed by atoms with E-state index in [1.807, 2.05) is 13.8 Å². The van der Waals surface area contributed by atoms with Crippen molar-refractivity contribution in [3.05, 3.63) is 40.8 Å². The number of carbonyl (C=O) groups excluding carboxylic acids is 4. The zero-order valence-corrected chi connectivity index (χ0v) is 20.6. The molecule has 0 unspecified atom stereocenters. The lowest BCUT2D eigenvalue weighted by Crippen LogP contribution is -2.43. The van der Waals surface area contributed by atoms with E-state index >= 15 is 0 Å². The predicted molar refractivity (Wildman–Crippen MR) is 129 cm³/mol. The second kappa shape index (κ2) is 14.7. The molecule has 1 atom stereocenters. The molecule has 1 heterocycles. The molecule has 3 N–H and O–H groups in total. The summed E-state index contributed by atoms with van der Waals surface area (Å²) >= 11 is 0. The maximum Gasteiger partial charge on any atom is 0.330 e. The molecular formula is C24H36N4O6. The summed E-state index contributed by atoms with van der Waals surface area (Å²) in [5.41, 5.74) is -0.540. The number of esters is 1. The molecule has 34 heavy (non-hydrogen) atoms. The number of carbonyl (C=O) groups is 4. The molecule has 0 aliphatic heterocycles. The molecule has 0 spiro atoms. The van der Waals surface area contributed by atoms with E-state index in [4.69, 9.17) is 4.74 Å². The van der Waals surface area contributed by atoms with Gasteiger partial charge in [-0.15, -0.1) is 0 Å². The molecule has 0 saturated heterocycles. The number of allylic oxidation sites excluding steroid dienone is 1. The van der Waals surface area contributed by atoms with Crippen molar-refractivity contribution in [1.82, 2.24) is 15.2 Å². The summed E-state index contributed by atoms with van der Waals surface area (Å²) in [5.74, 6) is -1.34. The van der Waals surface area contributed by atoms with Crippen LogP contribution in [-0.4, -0.2) is 46.9 Å². The Morgan fingerprint density at radius 1 is 1.12 bits per heavy atom. The summed E-state index contributed by atoms with van der Waals surface area (Å²) < 4.78 is 6.20. The molecule has 0 fully saturated rings. The maximum atomic E-state index is 12.7. The Labute approximate surface area is 200 Å². The minimum Gasteiger partial charge on any atom is -0.460 e. The Bertz CT molecular complexity index is 936. The highest BCUT2D eigenvalue weighted by Gasteiger charge is 2.20. The van der Waals surface area contributed by atoms with E-state index in [-0.39, 0.29) is 30.7 Å². The number of amides is 3. The summed E-state index contributed by atoms with van der Waals surface area (Å²) in [6.07, 6.45) is 5.40. The number of ether oxygens (including phenoxy) is 1. The van der Waals surface area contributed by atoms with Gasteiger partial charge >= 0.3 is 5.97 Å². The Hall–Kier alpha value is -3.43. The highest BCUT2D eigenvalue weighted by atomic mass is 16.5. The fraction of sp³-hybridized carbons (Fsp3) is 0.542. The van der Waals surface area contributed by atoms with Gasteiger partial charge in [0, 0.05) is 25.7 Å². The molecule has 10 nitrogen and oxygen atoms in total. The standard InChI is InChI=1S/C24H36N4O6/c1-16(2)12-13-25-21(30)15-28-14-8-10-20(24(28)33)27-23(32)19(26-18(5)29)9-6-7-11-22(31)34-17(3)4/h7-8,10-11,14,16-17,19H,6,9,12-13,15H2,1-5H3,(H,25,30)(H,26,29)(H,27,32)/t19-/m0/s1. The van der Waals surface area contributed by atoms with Gasteiger partial charge in [-0.1, -0.05) is 19.9 Å². The van der Waals surface area contributed by atoms with Crippen LogP contribution in [0, 0.1) is 5.92 Å². The molecule has 1 aromatic heterocycles. The maximum absolute atomic E-state index is 12.7. The number of pyridine rings is 1. The van der Waals surface area contributed by atoms with Gasteiger partial charge in [0.15, 0.2) is 0 Å². The third-order valence-electron chi connectivity index (χ3n) is 4.56. The Kier molecular flexibility index (Phi) is 12.3. The van der Waals surface area contributed by atoms with Gasteiger partial charge in [-0.2, -0.15) is 0 Å². The summed E-state index contributed by atoms with van der Waals surface area (Å²) in [6, 6.07) is 2.06. The first-order valence-electron chi connectivity index (χ1n) is 11.4. The molecule has 1 aromatic rings. The highest BCUT2D eigenvalue weighted by molar-refractivity contribution is 5.96. The lowest BCUT2D eigenvalue weighted by Gasteiger charge is -2.17. The average Bonchev–Trinajstić information content (AvgIpc) is 2.72. The van der Waals surface area contributed by atoms with E-state index in [1.54, 1.807) is 26.0 Å². The molecule has 0 radical (unpaired) electrons. The smallest absolute Gasteiger partial charge is 0.330 e. The van der Waals surface area contributed by atoms with Crippen LogP contribution in [-0.2, 0) is 30.5 Å². The normalized spacial score (nSPS) is 12.0. The van der Waals surface area contributed by atoms with Gasteiger partial charge in [0.1, 0.15) is 18.3 Å². The van der Waals surface area contributed by atoms with Gasteiger partial charge in [0.05, 0.1) is 6.10 Å². The summed E-state index contributed by atoms with van der Waals surface area (Å²) in [6.45, 7) is 9.20. The van der Waals surface area contributed by atoms with Gasteiger partial charge in [0.2, 0.25) is 17.7 Å². The molecule has 0 aromatic carbocycles. The number of hydrogen-bond donors (Lipinski definition) is 3. The van der Waals surface area contributed by atoms with Crippen molar-refractivity contribution in [2.75, 3.05) is 11.9 Å². The second-order valence-corrected chi connectivity index (χ2v) is 8.60. The minimum atomic E-state index is -0.921. The van der Waals surface area contributed by atoms with Crippen LogP contribution in [0.1, 0.15) is 53.9 Å². The zero-order chi connectivity index (χ0) is 25.7. The van der Waals surface area contributed by atoms with Crippen molar-refractivity contribution in [3.8, 4) is 0 Å². The van der Waals surface area contributed by atoms with Gasteiger partial charge in [-0.25, -0.2) is 4.79 Å². The first-order chi connectivity index (χ1) is 16.0. The molecular weight excluding hydrogens is 440 g/mol. The molecule has 0 aliphatic carbocycles. The molecule has 3 amide bonds. The van der Waals surface area contributed by atoms with E-state index in [0.29, 0.717) is 18.9 Å². The molecule has 1 rings (SSSR count). The Morgan fingerprint density at radius 3 is 2.44 bits per heavy atom. The molecule has 0 bridgehead atoms. The largest absolute Gasteiger partial charge is 0.460 e. The topological polar surface area (TPSA) is 136 Å². The van der Waals surface area contributed by atoms with Gasteiger partial charge in [-0.3, -0.25) is 19.2 Å².